The van der Waals surface area contributed by atoms with Crippen molar-refractivity contribution >= 4 is 17.5 Å². The topological polar surface area (TPSA) is 17.1 Å². The number of rotatable bonds is 6. The van der Waals surface area contributed by atoms with Gasteiger partial charge in [0.05, 0.1) is 0 Å². The van der Waals surface area contributed by atoms with E-state index in [4.69, 9.17) is 0 Å². The van der Waals surface area contributed by atoms with E-state index in [2.05, 4.69) is 6.92 Å². The van der Waals surface area contributed by atoms with Crippen LogP contribution in [0.2, 0.25) is 0 Å². The molecule has 0 N–H and O–H groups in total. The minimum Gasteiger partial charge on any atom is -0.289 e. The van der Waals surface area contributed by atoms with E-state index in [9.17, 15) is 4.79 Å². The minimum absolute atomic E-state index is 0.0886. The normalized spacial score (nSPS) is 10.4. The largest absolute Gasteiger partial charge is 0.289 e. The van der Waals surface area contributed by atoms with Crippen molar-refractivity contribution in [1.82, 2.24) is 0 Å². The summed E-state index contributed by atoms with van der Waals surface area (Å²) in [7, 11) is 0. The van der Waals surface area contributed by atoms with E-state index in [1.165, 1.54) is 17.7 Å². The van der Waals surface area contributed by atoms with Crippen LogP contribution < -0.4 is 0 Å². The second-order valence-corrected chi connectivity index (χ2v) is 5.59. The third-order valence-corrected chi connectivity index (χ3v) is 4.02. The lowest BCUT2D eigenvalue weighted by Crippen LogP contribution is -2.00. The zero-order chi connectivity index (χ0) is 13.5. The molecule has 0 saturated carbocycles. The first-order chi connectivity index (χ1) is 9.31. The molecule has 0 aromatic heterocycles. The molecule has 0 atom stereocenters. The third-order valence-electron chi connectivity index (χ3n) is 2.92. The van der Waals surface area contributed by atoms with Gasteiger partial charge in [-0.05, 0) is 36.4 Å². The highest BCUT2D eigenvalue weighted by atomic mass is 32.2. The fourth-order valence-corrected chi connectivity index (χ4v) is 2.79. The van der Waals surface area contributed by atoms with Crippen molar-refractivity contribution in [3.63, 3.8) is 0 Å². The van der Waals surface area contributed by atoms with Gasteiger partial charge in [0.2, 0.25) is 0 Å². The van der Waals surface area contributed by atoms with Gasteiger partial charge in [-0.2, -0.15) is 0 Å². The lowest BCUT2D eigenvalue weighted by Gasteiger charge is -2.03. The summed E-state index contributed by atoms with van der Waals surface area (Å²) >= 11 is 1.85. The molecule has 0 radical (unpaired) electrons. The maximum Gasteiger partial charge on any atom is 0.193 e. The molecule has 98 valence electrons. The molecule has 2 aromatic carbocycles. The lowest BCUT2D eigenvalue weighted by molar-refractivity contribution is 0.103. The number of thioether (sulfide) groups is 1. The maximum atomic E-state index is 12.2. The van der Waals surface area contributed by atoms with Crippen molar-refractivity contribution in [1.29, 1.82) is 0 Å². The van der Waals surface area contributed by atoms with Gasteiger partial charge in [0, 0.05) is 16.0 Å². The van der Waals surface area contributed by atoms with Crippen molar-refractivity contribution in [2.45, 2.75) is 24.7 Å². The Labute approximate surface area is 119 Å². The zero-order valence-corrected chi connectivity index (χ0v) is 12.0. The van der Waals surface area contributed by atoms with Crippen LogP contribution >= 0.6 is 11.8 Å². The van der Waals surface area contributed by atoms with Crippen molar-refractivity contribution in [3.05, 3.63) is 65.7 Å². The van der Waals surface area contributed by atoms with Gasteiger partial charge in [-0.15, -0.1) is 11.8 Å². The molecule has 0 aliphatic heterocycles. The van der Waals surface area contributed by atoms with Crippen molar-refractivity contribution in [2.75, 3.05) is 5.75 Å². The number of benzene rings is 2. The van der Waals surface area contributed by atoms with Gasteiger partial charge in [0.25, 0.3) is 0 Å². The van der Waals surface area contributed by atoms with Crippen molar-refractivity contribution < 1.29 is 4.79 Å². The Morgan fingerprint density at radius 1 is 0.947 bits per heavy atom. The average Bonchev–Trinajstić information content (AvgIpc) is 2.48. The summed E-state index contributed by atoms with van der Waals surface area (Å²) in [5.41, 5.74) is 1.50. The monoisotopic (exact) mass is 270 g/mol. The molecule has 0 fully saturated rings. The summed E-state index contributed by atoms with van der Waals surface area (Å²) in [4.78, 5) is 13.4. The highest BCUT2D eigenvalue weighted by Crippen LogP contribution is 2.20. The molecule has 1 nitrogen and oxygen atoms in total. The average molecular weight is 270 g/mol. The fraction of sp³-hybridized carbons (Fsp3) is 0.235. The Kier molecular flexibility index (Phi) is 5.22. The molecule has 0 spiro atoms. The standard InChI is InChI=1S/C17H18OS/c1-2-3-13-19-16-11-9-15(10-12-16)17(18)14-7-5-4-6-8-14/h4-12H,2-3,13H2,1H3. The zero-order valence-electron chi connectivity index (χ0n) is 11.1. The van der Waals surface area contributed by atoms with Gasteiger partial charge >= 0.3 is 0 Å². The highest BCUT2D eigenvalue weighted by Gasteiger charge is 2.07. The summed E-state index contributed by atoms with van der Waals surface area (Å²) in [6.07, 6.45) is 2.45. The third kappa shape index (κ3) is 3.97. The van der Waals surface area contributed by atoms with Crippen LogP contribution in [0.15, 0.2) is 59.5 Å². The molecule has 0 bridgehead atoms. The second-order valence-electron chi connectivity index (χ2n) is 4.42. The second kappa shape index (κ2) is 7.15. The van der Waals surface area contributed by atoms with Gasteiger partial charge in [0.15, 0.2) is 5.78 Å². The first-order valence-electron chi connectivity index (χ1n) is 6.64. The van der Waals surface area contributed by atoms with Crippen LogP contribution in [-0.4, -0.2) is 11.5 Å². The number of hydrogen-bond acceptors (Lipinski definition) is 2. The molecule has 2 rings (SSSR count). The predicted octanol–water partition coefficient (Wildman–Crippen LogP) is 4.81. The van der Waals surface area contributed by atoms with Gasteiger partial charge in [-0.3, -0.25) is 4.79 Å². The molecule has 0 heterocycles. The molecule has 0 amide bonds. The highest BCUT2D eigenvalue weighted by molar-refractivity contribution is 7.99. The van der Waals surface area contributed by atoms with Crippen LogP contribution in [0.5, 0.6) is 0 Å². The maximum absolute atomic E-state index is 12.2. The SMILES string of the molecule is CCCCSc1ccc(C(=O)c2ccccc2)cc1. The molecule has 2 heteroatoms. The van der Waals surface area contributed by atoms with Crippen LogP contribution in [0.1, 0.15) is 35.7 Å². The smallest absolute Gasteiger partial charge is 0.193 e. The first kappa shape index (κ1) is 13.9. The number of unbranched alkanes of at least 4 members (excludes halogenated alkanes) is 1. The molecule has 0 aliphatic carbocycles. The van der Waals surface area contributed by atoms with Crippen molar-refractivity contribution in [3.8, 4) is 0 Å². The number of ketones is 1. The van der Waals surface area contributed by atoms with E-state index in [0.29, 0.717) is 0 Å². The van der Waals surface area contributed by atoms with E-state index in [1.807, 2.05) is 66.4 Å². The number of carbonyl (C=O) groups excluding carboxylic acids is 1. The molecular formula is C17H18OS. The fourth-order valence-electron chi connectivity index (χ4n) is 1.79. The predicted molar refractivity (Wildman–Crippen MR) is 81.9 cm³/mol. The first-order valence-corrected chi connectivity index (χ1v) is 7.62. The summed E-state index contributed by atoms with van der Waals surface area (Å²) < 4.78 is 0. The summed E-state index contributed by atoms with van der Waals surface area (Å²) in [6.45, 7) is 2.20. The van der Waals surface area contributed by atoms with Gasteiger partial charge in [-0.25, -0.2) is 0 Å². The van der Waals surface area contributed by atoms with Crippen molar-refractivity contribution in [2.24, 2.45) is 0 Å². The van der Waals surface area contributed by atoms with E-state index in [-0.39, 0.29) is 5.78 Å². The molecule has 19 heavy (non-hydrogen) atoms. The molecular weight excluding hydrogens is 252 g/mol. The Bertz CT molecular complexity index is 517. The van der Waals surface area contributed by atoms with E-state index >= 15 is 0 Å². The van der Waals surface area contributed by atoms with Crippen LogP contribution in [0, 0.1) is 0 Å². The Hall–Kier alpha value is -1.54. The number of hydrogen-bond donors (Lipinski definition) is 0. The summed E-state index contributed by atoms with van der Waals surface area (Å²) in [5, 5.41) is 0. The molecule has 0 aliphatic rings. The molecule has 2 aromatic rings. The number of carbonyl (C=O) groups is 1. The Morgan fingerprint density at radius 2 is 1.58 bits per heavy atom. The molecule has 0 unspecified atom stereocenters. The lowest BCUT2D eigenvalue weighted by atomic mass is 10.0. The van der Waals surface area contributed by atoms with Crippen LogP contribution in [0.25, 0.3) is 0 Å². The van der Waals surface area contributed by atoms with E-state index in [0.717, 1.165) is 16.9 Å². The van der Waals surface area contributed by atoms with E-state index in [1.54, 1.807) is 0 Å². The van der Waals surface area contributed by atoms with Crippen LogP contribution in [-0.2, 0) is 0 Å². The Morgan fingerprint density at radius 3 is 2.21 bits per heavy atom. The molecule has 0 saturated heterocycles. The quantitative estimate of drug-likeness (QED) is 0.425. The van der Waals surface area contributed by atoms with Gasteiger partial charge in [-0.1, -0.05) is 43.7 Å². The minimum atomic E-state index is 0.0886. The van der Waals surface area contributed by atoms with Crippen LogP contribution in [0.4, 0.5) is 0 Å². The summed E-state index contributed by atoms with van der Waals surface area (Å²) in [5.74, 6) is 1.23. The summed E-state index contributed by atoms with van der Waals surface area (Å²) in [6, 6.07) is 17.3. The van der Waals surface area contributed by atoms with E-state index < -0.39 is 0 Å². The van der Waals surface area contributed by atoms with Gasteiger partial charge in [0.1, 0.15) is 0 Å². The van der Waals surface area contributed by atoms with Gasteiger partial charge < -0.3 is 0 Å². The Balaban J connectivity index is 2.04. The van der Waals surface area contributed by atoms with Crippen LogP contribution in [0.3, 0.4) is 0 Å².